The Morgan fingerprint density at radius 3 is 2.31 bits per heavy atom. The van der Waals surface area contributed by atoms with Crippen LogP contribution in [-0.2, 0) is 9.59 Å². The lowest BCUT2D eigenvalue weighted by Crippen LogP contribution is -2.37. The van der Waals surface area contributed by atoms with Gasteiger partial charge in [0.05, 0.1) is 13.0 Å². The maximum atomic E-state index is 11.4. The molecule has 0 spiro atoms. The summed E-state index contributed by atoms with van der Waals surface area (Å²) in [6.45, 7) is 0.378. The van der Waals surface area contributed by atoms with Gasteiger partial charge in [-0.3, -0.25) is 9.59 Å². The topological polar surface area (TPSA) is 37.4 Å². The molecule has 3 heteroatoms. The second-order valence-corrected chi connectivity index (χ2v) is 4.03. The summed E-state index contributed by atoms with van der Waals surface area (Å²) in [7, 11) is 0. The predicted octanol–water partition coefficient (Wildman–Crippen LogP) is 1.12. The Bertz CT molecular complexity index is 231. The first kappa shape index (κ1) is 8.73. The van der Waals surface area contributed by atoms with Crippen molar-refractivity contribution in [2.45, 2.75) is 44.6 Å². The number of hydrogen-bond donors (Lipinski definition) is 0. The number of carbonyl (C=O) groups is 2. The van der Waals surface area contributed by atoms with Crippen molar-refractivity contribution in [3.8, 4) is 0 Å². The van der Waals surface area contributed by atoms with Crippen molar-refractivity contribution < 1.29 is 9.59 Å². The number of rotatable bonds is 1. The summed E-state index contributed by atoms with van der Waals surface area (Å²) in [5.74, 6) is 0.146. The summed E-state index contributed by atoms with van der Waals surface area (Å²) in [5, 5.41) is 0. The minimum atomic E-state index is 0.0527. The van der Waals surface area contributed by atoms with Gasteiger partial charge in [0, 0.05) is 6.04 Å². The van der Waals surface area contributed by atoms with Crippen LogP contribution < -0.4 is 0 Å². The highest BCUT2D eigenvalue weighted by Gasteiger charge is 2.33. The first-order chi connectivity index (χ1) is 6.27. The SMILES string of the molecule is O=C1CC(=O)N(C2CCCCC2)C1. The fourth-order valence-electron chi connectivity index (χ4n) is 2.33. The molecule has 0 N–H and O–H groups in total. The average Bonchev–Trinajstić information content (AvgIpc) is 2.47. The monoisotopic (exact) mass is 181 g/mol. The fourth-order valence-corrected chi connectivity index (χ4v) is 2.33. The van der Waals surface area contributed by atoms with Gasteiger partial charge >= 0.3 is 0 Å². The third-order valence-corrected chi connectivity index (χ3v) is 3.03. The van der Waals surface area contributed by atoms with E-state index < -0.39 is 0 Å². The van der Waals surface area contributed by atoms with Crippen LogP contribution in [0.2, 0.25) is 0 Å². The highest BCUT2D eigenvalue weighted by Crippen LogP contribution is 2.25. The van der Waals surface area contributed by atoms with E-state index in [9.17, 15) is 9.59 Å². The minimum absolute atomic E-state index is 0.0527. The van der Waals surface area contributed by atoms with Crippen molar-refractivity contribution in [3.63, 3.8) is 0 Å². The van der Waals surface area contributed by atoms with Gasteiger partial charge in [-0.25, -0.2) is 0 Å². The van der Waals surface area contributed by atoms with Crippen molar-refractivity contribution in [1.82, 2.24) is 4.90 Å². The minimum Gasteiger partial charge on any atom is -0.332 e. The van der Waals surface area contributed by atoms with E-state index in [1.807, 2.05) is 0 Å². The standard InChI is InChI=1S/C10H15NO2/c12-9-6-10(13)11(7-9)8-4-2-1-3-5-8/h8H,1-7H2. The van der Waals surface area contributed by atoms with Gasteiger partial charge in [-0.2, -0.15) is 0 Å². The van der Waals surface area contributed by atoms with Crippen LogP contribution in [0.4, 0.5) is 0 Å². The lowest BCUT2D eigenvalue weighted by Gasteiger charge is -2.30. The molecule has 0 radical (unpaired) electrons. The van der Waals surface area contributed by atoms with Crippen LogP contribution in [0.3, 0.4) is 0 Å². The van der Waals surface area contributed by atoms with Crippen LogP contribution >= 0.6 is 0 Å². The molecular formula is C10H15NO2. The van der Waals surface area contributed by atoms with Crippen molar-refractivity contribution >= 4 is 11.7 Å². The lowest BCUT2D eigenvalue weighted by atomic mass is 9.94. The Morgan fingerprint density at radius 1 is 1.08 bits per heavy atom. The van der Waals surface area contributed by atoms with Crippen LogP contribution in [0.25, 0.3) is 0 Å². The average molecular weight is 181 g/mol. The first-order valence-electron chi connectivity index (χ1n) is 5.08. The van der Waals surface area contributed by atoms with E-state index in [1.165, 1.54) is 19.3 Å². The Labute approximate surface area is 78.1 Å². The van der Waals surface area contributed by atoms with Gasteiger partial charge in [-0.1, -0.05) is 19.3 Å². The molecule has 0 unspecified atom stereocenters. The van der Waals surface area contributed by atoms with E-state index in [1.54, 1.807) is 4.90 Å². The highest BCUT2D eigenvalue weighted by molar-refractivity contribution is 6.05. The van der Waals surface area contributed by atoms with E-state index >= 15 is 0 Å². The van der Waals surface area contributed by atoms with E-state index in [4.69, 9.17) is 0 Å². The highest BCUT2D eigenvalue weighted by atomic mass is 16.2. The number of nitrogens with zero attached hydrogens (tertiary/aromatic N) is 1. The number of hydrogen-bond acceptors (Lipinski definition) is 2. The van der Waals surface area contributed by atoms with Crippen molar-refractivity contribution in [1.29, 1.82) is 0 Å². The summed E-state index contributed by atoms with van der Waals surface area (Å²) in [6.07, 6.45) is 6.05. The summed E-state index contributed by atoms with van der Waals surface area (Å²) in [6, 6.07) is 0.368. The molecule has 72 valence electrons. The van der Waals surface area contributed by atoms with Crippen LogP contribution in [0.5, 0.6) is 0 Å². The summed E-state index contributed by atoms with van der Waals surface area (Å²) < 4.78 is 0. The number of carbonyl (C=O) groups excluding carboxylic acids is 2. The quantitative estimate of drug-likeness (QED) is 0.568. The Balaban J connectivity index is 1.99. The fraction of sp³-hybridized carbons (Fsp3) is 0.800. The second-order valence-electron chi connectivity index (χ2n) is 4.03. The zero-order valence-corrected chi connectivity index (χ0v) is 7.79. The van der Waals surface area contributed by atoms with E-state index in [2.05, 4.69) is 0 Å². The van der Waals surface area contributed by atoms with Gasteiger partial charge in [0.15, 0.2) is 5.78 Å². The Hall–Kier alpha value is -0.860. The Kier molecular flexibility index (Phi) is 2.34. The largest absolute Gasteiger partial charge is 0.332 e. The van der Waals surface area contributed by atoms with Crippen molar-refractivity contribution in [2.75, 3.05) is 6.54 Å². The normalized spacial score (nSPS) is 25.7. The van der Waals surface area contributed by atoms with Gasteiger partial charge in [-0.15, -0.1) is 0 Å². The van der Waals surface area contributed by atoms with E-state index in [-0.39, 0.29) is 18.1 Å². The van der Waals surface area contributed by atoms with E-state index in [0.717, 1.165) is 12.8 Å². The molecule has 0 aromatic heterocycles. The molecule has 1 heterocycles. The van der Waals surface area contributed by atoms with Gasteiger partial charge in [0.1, 0.15) is 0 Å². The molecule has 1 aliphatic heterocycles. The zero-order valence-electron chi connectivity index (χ0n) is 7.79. The molecule has 0 aromatic rings. The smallest absolute Gasteiger partial charge is 0.230 e. The van der Waals surface area contributed by atoms with Gasteiger partial charge in [0.25, 0.3) is 0 Å². The van der Waals surface area contributed by atoms with Crippen LogP contribution in [0.1, 0.15) is 38.5 Å². The molecule has 0 bridgehead atoms. The first-order valence-corrected chi connectivity index (χ1v) is 5.08. The van der Waals surface area contributed by atoms with Crippen LogP contribution in [0.15, 0.2) is 0 Å². The number of likely N-dealkylation sites (tertiary alicyclic amines) is 1. The summed E-state index contributed by atoms with van der Waals surface area (Å²) in [5.41, 5.74) is 0. The Morgan fingerprint density at radius 2 is 1.77 bits per heavy atom. The molecule has 13 heavy (non-hydrogen) atoms. The van der Waals surface area contributed by atoms with Gasteiger partial charge in [-0.05, 0) is 12.8 Å². The maximum absolute atomic E-state index is 11.4. The molecule has 3 nitrogen and oxygen atoms in total. The molecule has 1 saturated carbocycles. The molecule has 1 amide bonds. The molecule has 2 fully saturated rings. The second kappa shape index (κ2) is 3.48. The zero-order chi connectivity index (χ0) is 9.26. The number of Topliss-reactive ketones (excluding diaryl/α,β-unsaturated/α-hetero) is 1. The van der Waals surface area contributed by atoms with Crippen LogP contribution in [-0.4, -0.2) is 29.2 Å². The molecular weight excluding hydrogens is 166 g/mol. The molecule has 2 aliphatic rings. The van der Waals surface area contributed by atoms with Crippen LogP contribution in [0, 0.1) is 0 Å². The van der Waals surface area contributed by atoms with Gasteiger partial charge in [0.2, 0.25) is 5.91 Å². The van der Waals surface area contributed by atoms with E-state index in [0.29, 0.717) is 12.6 Å². The van der Waals surface area contributed by atoms with Crippen molar-refractivity contribution in [2.24, 2.45) is 0 Å². The number of ketones is 1. The molecule has 0 atom stereocenters. The third-order valence-electron chi connectivity index (χ3n) is 3.03. The van der Waals surface area contributed by atoms with Crippen molar-refractivity contribution in [3.05, 3.63) is 0 Å². The lowest BCUT2D eigenvalue weighted by molar-refractivity contribution is -0.130. The molecule has 2 rings (SSSR count). The summed E-state index contributed by atoms with van der Waals surface area (Å²) in [4.78, 5) is 24.2. The molecule has 1 saturated heterocycles. The molecule has 1 aliphatic carbocycles. The maximum Gasteiger partial charge on any atom is 0.230 e. The molecule has 0 aromatic carbocycles. The predicted molar refractivity (Wildman–Crippen MR) is 48.2 cm³/mol. The third kappa shape index (κ3) is 1.74. The number of amides is 1. The van der Waals surface area contributed by atoms with Gasteiger partial charge < -0.3 is 4.90 Å². The summed E-state index contributed by atoms with van der Waals surface area (Å²) >= 11 is 0.